The fourth-order valence-electron chi connectivity index (χ4n) is 1.64. The number of rotatable bonds is 2. The van der Waals surface area contributed by atoms with Crippen molar-refractivity contribution in [2.75, 3.05) is 26.2 Å². The minimum absolute atomic E-state index is 0.359. The number of nitrogens with zero attached hydrogens (tertiary/aromatic N) is 1. The van der Waals surface area contributed by atoms with Crippen molar-refractivity contribution in [1.29, 1.82) is 0 Å². The van der Waals surface area contributed by atoms with E-state index in [0.29, 0.717) is 18.4 Å². The summed E-state index contributed by atoms with van der Waals surface area (Å²) >= 11 is 0. The van der Waals surface area contributed by atoms with Crippen molar-refractivity contribution in [2.45, 2.75) is 13.8 Å². The summed E-state index contributed by atoms with van der Waals surface area (Å²) < 4.78 is 0. The Labute approximate surface area is 62.8 Å². The van der Waals surface area contributed by atoms with E-state index in [0.717, 1.165) is 13.1 Å². The Morgan fingerprint density at radius 1 is 1.50 bits per heavy atom. The molecule has 1 saturated heterocycles. The second-order valence-corrected chi connectivity index (χ2v) is 3.27. The highest BCUT2D eigenvalue weighted by molar-refractivity contribution is 4.79. The van der Waals surface area contributed by atoms with Crippen molar-refractivity contribution in [2.24, 2.45) is 11.8 Å². The summed E-state index contributed by atoms with van der Waals surface area (Å²) in [7, 11) is 0. The number of likely N-dealkylation sites (tertiary alicyclic amines) is 1. The first-order valence-corrected chi connectivity index (χ1v) is 4.11. The van der Waals surface area contributed by atoms with E-state index in [1.807, 2.05) is 0 Å². The summed E-state index contributed by atoms with van der Waals surface area (Å²) in [6.45, 7) is 8.14. The van der Waals surface area contributed by atoms with Crippen LogP contribution in [0.15, 0.2) is 0 Å². The molecule has 0 unspecified atom stereocenters. The van der Waals surface area contributed by atoms with Gasteiger partial charge in [-0.1, -0.05) is 13.8 Å². The Hall–Kier alpha value is -0.0800. The van der Waals surface area contributed by atoms with Gasteiger partial charge in [0.1, 0.15) is 0 Å². The van der Waals surface area contributed by atoms with Gasteiger partial charge in [0.25, 0.3) is 0 Å². The predicted octanol–water partition coefficient (Wildman–Crippen LogP) is 0.567. The third-order valence-electron chi connectivity index (χ3n) is 2.53. The molecule has 1 fully saturated rings. The summed E-state index contributed by atoms with van der Waals surface area (Å²) in [5, 5.41) is 8.92. The van der Waals surface area contributed by atoms with Crippen LogP contribution in [0.4, 0.5) is 0 Å². The first kappa shape index (κ1) is 8.02. The smallest absolute Gasteiger partial charge is 0.0474 e. The average molecular weight is 143 g/mol. The Morgan fingerprint density at radius 3 is 2.50 bits per heavy atom. The first-order chi connectivity index (χ1) is 4.77. The summed E-state index contributed by atoms with van der Waals surface area (Å²) in [4.78, 5) is 2.39. The van der Waals surface area contributed by atoms with Crippen LogP contribution < -0.4 is 0 Å². The molecule has 2 nitrogen and oxygen atoms in total. The molecule has 0 aromatic heterocycles. The number of hydrogen-bond acceptors (Lipinski definition) is 2. The van der Waals surface area contributed by atoms with Crippen LogP contribution in [-0.4, -0.2) is 36.2 Å². The minimum atomic E-state index is 0.359. The standard InChI is InChI=1S/C8H17NO/c1-3-9-4-7(2)8(5-9)6-10/h7-8,10H,3-6H2,1-2H3/t7-,8+/m0/s1. The lowest BCUT2D eigenvalue weighted by molar-refractivity contribution is 0.206. The third-order valence-corrected chi connectivity index (χ3v) is 2.53. The van der Waals surface area contributed by atoms with Crippen LogP contribution in [0.5, 0.6) is 0 Å². The van der Waals surface area contributed by atoms with E-state index in [1.165, 1.54) is 6.54 Å². The molecule has 60 valence electrons. The van der Waals surface area contributed by atoms with Gasteiger partial charge in [0, 0.05) is 19.7 Å². The normalized spacial score (nSPS) is 35.1. The van der Waals surface area contributed by atoms with Gasteiger partial charge in [-0.2, -0.15) is 0 Å². The van der Waals surface area contributed by atoms with Gasteiger partial charge in [0.05, 0.1) is 0 Å². The highest BCUT2D eigenvalue weighted by atomic mass is 16.3. The Morgan fingerprint density at radius 2 is 2.20 bits per heavy atom. The molecule has 1 aliphatic rings. The van der Waals surface area contributed by atoms with Crippen LogP contribution in [0.2, 0.25) is 0 Å². The van der Waals surface area contributed by atoms with Crippen molar-refractivity contribution >= 4 is 0 Å². The second kappa shape index (κ2) is 3.35. The molecule has 0 spiro atoms. The fourth-order valence-corrected chi connectivity index (χ4v) is 1.64. The van der Waals surface area contributed by atoms with E-state index in [4.69, 9.17) is 5.11 Å². The van der Waals surface area contributed by atoms with E-state index in [2.05, 4.69) is 18.7 Å². The van der Waals surface area contributed by atoms with E-state index in [9.17, 15) is 0 Å². The molecule has 0 saturated carbocycles. The Balaban J connectivity index is 2.36. The lowest BCUT2D eigenvalue weighted by atomic mass is 10.00. The highest BCUT2D eigenvalue weighted by Gasteiger charge is 2.27. The van der Waals surface area contributed by atoms with E-state index >= 15 is 0 Å². The average Bonchev–Trinajstić information content (AvgIpc) is 2.30. The maximum absolute atomic E-state index is 8.92. The zero-order valence-corrected chi connectivity index (χ0v) is 6.88. The minimum Gasteiger partial charge on any atom is -0.396 e. The maximum atomic E-state index is 8.92. The summed E-state index contributed by atoms with van der Waals surface area (Å²) in [5.74, 6) is 1.21. The number of aliphatic hydroxyl groups excluding tert-OH is 1. The molecule has 0 bridgehead atoms. The van der Waals surface area contributed by atoms with Gasteiger partial charge in [-0.05, 0) is 18.4 Å². The molecule has 1 heterocycles. The van der Waals surface area contributed by atoms with Crippen molar-refractivity contribution in [3.63, 3.8) is 0 Å². The zero-order chi connectivity index (χ0) is 7.56. The van der Waals surface area contributed by atoms with Crippen molar-refractivity contribution in [3.8, 4) is 0 Å². The van der Waals surface area contributed by atoms with Crippen LogP contribution in [0.1, 0.15) is 13.8 Å². The topological polar surface area (TPSA) is 23.5 Å². The molecule has 1 N–H and O–H groups in total. The van der Waals surface area contributed by atoms with Crippen molar-refractivity contribution in [3.05, 3.63) is 0 Å². The molecule has 0 aromatic rings. The van der Waals surface area contributed by atoms with Gasteiger partial charge < -0.3 is 10.0 Å². The van der Waals surface area contributed by atoms with E-state index in [-0.39, 0.29) is 0 Å². The predicted molar refractivity (Wildman–Crippen MR) is 41.9 cm³/mol. The van der Waals surface area contributed by atoms with Crippen LogP contribution >= 0.6 is 0 Å². The van der Waals surface area contributed by atoms with Crippen LogP contribution in [0.3, 0.4) is 0 Å². The Kier molecular flexibility index (Phi) is 2.69. The van der Waals surface area contributed by atoms with Crippen molar-refractivity contribution in [1.82, 2.24) is 4.90 Å². The SMILES string of the molecule is CCN1C[C@H](CO)[C@@H](C)C1. The van der Waals surface area contributed by atoms with Crippen molar-refractivity contribution < 1.29 is 5.11 Å². The van der Waals surface area contributed by atoms with Gasteiger partial charge >= 0.3 is 0 Å². The molecule has 0 aliphatic carbocycles. The Bertz CT molecular complexity index is 105. The maximum Gasteiger partial charge on any atom is 0.0474 e. The van der Waals surface area contributed by atoms with Crippen LogP contribution in [0, 0.1) is 11.8 Å². The summed E-state index contributed by atoms with van der Waals surface area (Å²) in [6, 6.07) is 0. The monoisotopic (exact) mass is 143 g/mol. The largest absolute Gasteiger partial charge is 0.396 e. The molecule has 2 atom stereocenters. The molecular weight excluding hydrogens is 126 g/mol. The molecule has 0 radical (unpaired) electrons. The third kappa shape index (κ3) is 1.50. The molecular formula is C8H17NO. The highest BCUT2D eigenvalue weighted by Crippen LogP contribution is 2.21. The second-order valence-electron chi connectivity index (χ2n) is 3.27. The lowest BCUT2D eigenvalue weighted by Gasteiger charge is -2.10. The van der Waals surface area contributed by atoms with E-state index < -0.39 is 0 Å². The molecule has 1 aliphatic heterocycles. The molecule has 0 amide bonds. The summed E-state index contributed by atoms with van der Waals surface area (Å²) in [5.41, 5.74) is 0. The first-order valence-electron chi connectivity index (χ1n) is 4.11. The van der Waals surface area contributed by atoms with Gasteiger partial charge in [-0.25, -0.2) is 0 Å². The van der Waals surface area contributed by atoms with Gasteiger partial charge in [-0.15, -0.1) is 0 Å². The summed E-state index contributed by atoms with van der Waals surface area (Å²) in [6.07, 6.45) is 0. The van der Waals surface area contributed by atoms with Gasteiger partial charge in [0.2, 0.25) is 0 Å². The van der Waals surface area contributed by atoms with Gasteiger partial charge in [0.15, 0.2) is 0 Å². The van der Waals surface area contributed by atoms with Crippen LogP contribution in [-0.2, 0) is 0 Å². The van der Waals surface area contributed by atoms with E-state index in [1.54, 1.807) is 0 Å². The molecule has 2 heteroatoms. The fraction of sp³-hybridized carbons (Fsp3) is 1.00. The zero-order valence-electron chi connectivity index (χ0n) is 6.88. The number of hydrogen-bond donors (Lipinski definition) is 1. The number of aliphatic hydroxyl groups is 1. The van der Waals surface area contributed by atoms with Gasteiger partial charge in [-0.3, -0.25) is 0 Å². The molecule has 1 rings (SSSR count). The lowest BCUT2D eigenvalue weighted by Crippen LogP contribution is -2.20. The van der Waals surface area contributed by atoms with Crippen LogP contribution in [0.25, 0.3) is 0 Å². The molecule has 10 heavy (non-hydrogen) atoms. The quantitative estimate of drug-likeness (QED) is 0.611. The molecule has 0 aromatic carbocycles.